The van der Waals surface area contributed by atoms with Crippen LogP contribution in [0.25, 0.3) is 0 Å². The Labute approximate surface area is 123 Å². The van der Waals surface area contributed by atoms with Crippen LogP contribution < -0.4 is 10.6 Å². The van der Waals surface area contributed by atoms with Crippen LogP contribution in [0.4, 0.5) is 23.1 Å². The van der Waals surface area contributed by atoms with Crippen LogP contribution >= 0.6 is 15.9 Å². The monoisotopic (exact) mass is 337 g/mol. The zero-order valence-electron chi connectivity index (χ0n) is 10.6. The highest BCUT2D eigenvalue weighted by molar-refractivity contribution is 9.10. The first kappa shape index (κ1) is 14.2. The van der Waals surface area contributed by atoms with Crippen molar-refractivity contribution in [2.45, 2.75) is 6.92 Å². The zero-order valence-corrected chi connectivity index (χ0v) is 12.2. The third kappa shape index (κ3) is 3.21. The SMILES string of the molecule is CCNc1ncc([N+](=O)[O-])c(Nc2ccccc2Br)n1. The number of nitrogens with zero attached hydrogens (tertiary/aromatic N) is 3. The van der Waals surface area contributed by atoms with Gasteiger partial charge in [0, 0.05) is 11.0 Å². The fourth-order valence-corrected chi connectivity index (χ4v) is 1.92. The second kappa shape index (κ2) is 6.29. The first-order valence-electron chi connectivity index (χ1n) is 5.88. The molecule has 0 saturated carbocycles. The molecule has 0 spiro atoms. The van der Waals surface area contributed by atoms with Gasteiger partial charge in [-0.2, -0.15) is 4.98 Å². The zero-order chi connectivity index (χ0) is 14.5. The molecule has 7 nitrogen and oxygen atoms in total. The second-order valence-electron chi connectivity index (χ2n) is 3.82. The van der Waals surface area contributed by atoms with Gasteiger partial charge < -0.3 is 10.6 Å². The van der Waals surface area contributed by atoms with Crippen molar-refractivity contribution in [3.05, 3.63) is 45.0 Å². The van der Waals surface area contributed by atoms with E-state index < -0.39 is 4.92 Å². The van der Waals surface area contributed by atoms with Crippen LogP contribution in [0.2, 0.25) is 0 Å². The third-order valence-electron chi connectivity index (χ3n) is 2.43. The molecule has 0 radical (unpaired) electrons. The van der Waals surface area contributed by atoms with Gasteiger partial charge >= 0.3 is 5.69 Å². The Balaban J connectivity index is 2.40. The lowest BCUT2D eigenvalue weighted by Gasteiger charge is -2.09. The predicted molar refractivity (Wildman–Crippen MR) is 80.3 cm³/mol. The number of aromatic nitrogens is 2. The Bertz CT molecular complexity index is 635. The Morgan fingerprint density at radius 3 is 2.80 bits per heavy atom. The molecule has 1 heterocycles. The quantitative estimate of drug-likeness (QED) is 0.642. The lowest BCUT2D eigenvalue weighted by Crippen LogP contribution is -2.06. The first-order chi connectivity index (χ1) is 9.61. The number of nitrogens with one attached hydrogen (secondary N) is 2. The largest absolute Gasteiger partial charge is 0.354 e. The van der Waals surface area contributed by atoms with Crippen molar-refractivity contribution in [1.82, 2.24) is 9.97 Å². The van der Waals surface area contributed by atoms with Crippen LogP contribution in [0.5, 0.6) is 0 Å². The molecule has 0 aliphatic rings. The number of hydrogen-bond acceptors (Lipinski definition) is 6. The van der Waals surface area contributed by atoms with E-state index in [1.807, 2.05) is 25.1 Å². The van der Waals surface area contributed by atoms with Gasteiger partial charge in [-0.3, -0.25) is 10.1 Å². The molecule has 0 aliphatic heterocycles. The van der Waals surface area contributed by atoms with Gasteiger partial charge in [0.15, 0.2) is 0 Å². The van der Waals surface area contributed by atoms with Gasteiger partial charge in [0.25, 0.3) is 0 Å². The van der Waals surface area contributed by atoms with Gasteiger partial charge in [0.05, 0.1) is 10.6 Å². The van der Waals surface area contributed by atoms with Gasteiger partial charge in [-0.15, -0.1) is 0 Å². The molecule has 2 rings (SSSR count). The average Bonchev–Trinajstić information content (AvgIpc) is 2.42. The number of nitro groups is 1. The summed E-state index contributed by atoms with van der Waals surface area (Å²) in [6, 6.07) is 7.31. The van der Waals surface area contributed by atoms with Crippen molar-refractivity contribution < 1.29 is 4.92 Å². The fraction of sp³-hybridized carbons (Fsp3) is 0.167. The summed E-state index contributed by atoms with van der Waals surface area (Å²) in [7, 11) is 0. The van der Waals surface area contributed by atoms with Crippen molar-refractivity contribution in [2.24, 2.45) is 0 Å². The van der Waals surface area contributed by atoms with E-state index in [0.29, 0.717) is 18.2 Å². The standard InChI is InChI=1S/C12H12BrN5O2/c1-2-14-12-15-7-10(18(19)20)11(17-12)16-9-6-4-3-5-8(9)13/h3-7H,2H2,1H3,(H2,14,15,16,17). The average molecular weight is 338 g/mol. The van der Waals surface area contributed by atoms with Crippen molar-refractivity contribution >= 4 is 39.1 Å². The van der Waals surface area contributed by atoms with E-state index in [1.165, 1.54) is 6.20 Å². The van der Waals surface area contributed by atoms with Crippen LogP contribution in [0.15, 0.2) is 34.9 Å². The number of benzene rings is 1. The molecule has 0 amide bonds. The maximum atomic E-state index is 11.0. The Kier molecular flexibility index (Phi) is 4.46. The summed E-state index contributed by atoms with van der Waals surface area (Å²) in [4.78, 5) is 18.5. The first-order valence-corrected chi connectivity index (χ1v) is 6.68. The number of anilines is 3. The van der Waals surface area contributed by atoms with E-state index in [-0.39, 0.29) is 11.5 Å². The normalized spacial score (nSPS) is 10.1. The summed E-state index contributed by atoms with van der Waals surface area (Å²) in [6.45, 7) is 2.53. The predicted octanol–water partition coefficient (Wildman–Crippen LogP) is 3.32. The molecule has 0 unspecified atom stereocenters. The molecule has 0 atom stereocenters. The fourth-order valence-electron chi connectivity index (χ4n) is 1.53. The van der Waals surface area contributed by atoms with Gasteiger partial charge in [-0.05, 0) is 35.0 Å². The lowest BCUT2D eigenvalue weighted by atomic mass is 10.3. The summed E-state index contributed by atoms with van der Waals surface area (Å²) in [5.41, 5.74) is 0.513. The maximum Gasteiger partial charge on any atom is 0.329 e. The maximum absolute atomic E-state index is 11.0. The summed E-state index contributed by atoms with van der Waals surface area (Å²) < 4.78 is 0.790. The summed E-state index contributed by atoms with van der Waals surface area (Å²) in [6.07, 6.45) is 1.18. The van der Waals surface area contributed by atoms with E-state index in [0.717, 1.165) is 4.47 Å². The highest BCUT2D eigenvalue weighted by Crippen LogP contribution is 2.29. The second-order valence-corrected chi connectivity index (χ2v) is 4.67. The molecule has 0 bridgehead atoms. The lowest BCUT2D eigenvalue weighted by molar-refractivity contribution is -0.384. The molecular formula is C12H12BrN5O2. The molecule has 2 N–H and O–H groups in total. The molecule has 2 aromatic rings. The Hall–Kier alpha value is -2.22. The van der Waals surface area contributed by atoms with Crippen molar-refractivity contribution in [3.8, 4) is 0 Å². The van der Waals surface area contributed by atoms with E-state index in [9.17, 15) is 10.1 Å². The molecule has 8 heteroatoms. The minimum Gasteiger partial charge on any atom is -0.354 e. The number of rotatable bonds is 5. The van der Waals surface area contributed by atoms with E-state index in [4.69, 9.17) is 0 Å². The molecule has 0 aliphatic carbocycles. The summed E-state index contributed by atoms with van der Waals surface area (Å²) in [5, 5.41) is 16.9. The van der Waals surface area contributed by atoms with E-state index >= 15 is 0 Å². The number of halogens is 1. The third-order valence-corrected chi connectivity index (χ3v) is 3.12. The van der Waals surface area contributed by atoms with Gasteiger partial charge in [-0.1, -0.05) is 12.1 Å². The smallest absolute Gasteiger partial charge is 0.329 e. The number of para-hydroxylation sites is 1. The minimum atomic E-state index is -0.519. The van der Waals surface area contributed by atoms with Crippen LogP contribution in [0.3, 0.4) is 0 Å². The molecule has 0 saturated heterocycles. The van der Waals surface area contributed by atoms with Gasteiger partial charge in [0.1, 0.15) is 6.20 Å². The molecule has 0 fully saturated rings. The van der Waals surface area contributed by atoms with Crippen molar-refractivity contribution in [3.63, 3.8) is 0 Å². The van der Waals surface area contributed by atoms with Crippen molar-refractivity contribution in [1.29, 1.82) is 0 Å². The molecule has 1 aromatic carbocycles. The Morgan fingerprint density at radius 1 is 1.40 bits per heavy atom. The van der Waals surface area contributed by atoms with Gasteiger partial charge in [0.2, 0.25) is 11.8 Å². The van der Waals surface area contributed by atoms with Crippen LogP contribution in [-0.2, 0) is 0 Å². The Morgan fingerprint density at radius 2 is 2.15 bits per heavy atom. The molecular weight excluding hydrogens is 326 g/mol. The van der Waals surface area contributed by atoms with E-state index in [1.54, 1.807) is 6.07 Å². The highest BCUT2D eigenvalue weighted by Gasteiger charge is 2.18. The number of hydrogen-bond donors (Lipinski definition) is 2. The molecule has 1 aromatic heterocycles. The molecule has 104 valence electrons. The summed E-state index contributed by atoms with van der Waals surface area (Å²) >= 11 is 3.37. The van der Waals surface area contributed by atoms with Gasteiger partial charge in [-0.25, -0.2) is 4.98 Å². The van der Waals surface area contributed by atoms with Crippen LogP contribution in [0, 0.1) is 10.1 Å². The molecule has 20 heavy (non-hydrogen) atoms. The minimum absolute atomic E-state index is 0.146. The van der Waals surface area contributed by atoms with Crippen LogP contribution in [-0.4, -0.2) is 21.4 Å². The topological polar surface area (TPSA) is 93.0 Å². The van der Waals surface area contributed by atoms with Crippen LogP contribution in [0.1, 0.15) is 6.92 Å². The summed E-state index contributed by atoms with van der Waals surface area (Å²) in [5.74, 6) is 0.487. The van der Waals surface area contributed by atoms with E-state index in [2.05, 4.69) is 36.5 Å². The van der Waals surface area contributed by atoms with Crippen molar-refractivity contribution in [2.75, 3.05) is 17.2 Å². The highest BCUT2D eigenvalue weighted by atomic mass is 79.9.